The Hall–Kier alpha value is -2.58. The van der Waals surface area contributed by atoms with Gasteiger partial charge in [0, 0.05) is 0 Å². The second kappa shape index (κ2) is 4.59. The number of aromatic carboxylic acids is 1. The maximum atomic E-state index is 12.0. The number of nitrogens with zero attached hydrogens (tertiary/aromatic N) is 3. The number of carbonyl (C=O) groups is 1. The highest BCUT2D eigenvalue weighted by Gasteiger charge is 2.31. The smallest absolute Gasteiger partial charge is 0.478 e. The number of hydrogen-bond acceptors (Lipinski definition) is 4. The molecular weight excluding hydrogens is 267 g/mol. The van der Waals surface area contributed by atoms with Crippen molar-refractivity contribution in [3.8, 4) is 11.4 Å². The van der Waals surface area contributed by atoms with Crippen LogP contribution in [0, 0.1) is 0 Å². The molecular formula is C10H6F3N3O3. The number of hydrogen-bond donors (Lipinski definition) is 1. The summed E-state index contributed by atoms with van der Waals surface area (Å²) in [5.74, 6) is -2.04. The lowest BCUT2D eigenvalue weighted by molar-refractivity contribution is -0.274. The standard InChI is InChI=1S/C10H6F3N3O3/c11-10(12,13)19-6-1-2-8(7(5-6)9(17)18)16-14-3-4-15-16/h1-5H,(H,17,18). The summed E-state index contributed by atoms with van der Waals surface area (Å²) in [5.41, 5.74) is -0.370. The molecule has 0 saturated heterocycles. The normalized spacial score (nSPS) is 11.3. The minimum Gasteiger partial charge on any atom is -0.478 e. The fourth-order valence-corrected chi connectivity index (χ4v) is 1.40. The van der Waals surface area contributed by atoms with E-state index in [1.807, 2.05) is 0 Å². The van der Waals surface area contributed by atoms with Crippen LogP contribution < -0.4 is 4.74 Å². The SMILES string of the molecule is O=C(O)c1cc(OC(F)(F)F)ccc1-n1nccn1. The molecule has 9 heteroatoms. The fourth-order valence-electron chi connectivity index (χ4n) is 1.40. The van der Waals surface area contributed by atoms with Crippen LogP contribution in [0.5, 0.6) is 5.75 Å². The number of carboxylic acids is 1. The predicted molar refractivity (Wildman–Crippen MR) is 55.0 cm³/mol. The predicted octanol–water partition coefficient (Wildman–Crippen LogP) is 1.86. The molecule has 0 amide bonds. The molecule has 0 fully saturated rings. The van der Waals surface area contributed by atoms with Gasteiger partial charge in [0.2, 0.25) is 0 Å². The molecule has 1 aromatic carbocycles. The van der Waals surface area contributed by atoms with E-state index in [4.69, 9.17) is 5.11 Å². The summed E-state index contributed by atoms with van der Waals surface area (Å²) in [7, 11) is 0. The molecule has 0 unspecified atom stereocenters. The summed E-state index contributed by atoms with van der Waals surface area (Å²) in [6.07, 6.45) is -2.27. The molecule has 1 heterocycles. The van der Waals surface area contributed by atoms with Crippen LogP contribution in [0.25, 0.3) is 5.69 Å². The third kappa shape index (κ3) is 3.00. The first-order valence-corrected chi connectivity index (χ1v) is 4.86. The highest BCUT2D eigenvalue weighted by Crippen LogP contribution is 2.26. The van der Waals surface area contributed by atoms with E-state index >= 15 is 0 Å². The number of ether oxygens (including phenoxy) is 1. The molecule has 1 N–H and O–H groups in total. The van der Waals surface area contributed by atoms with Crippen molar-refractivity contribution in [2.45, 2.75) is 6.36 Å². The molecule has 0 aliphatic rings. The Morgan fingerprint density at radius 3 is 2.42 bits per heavy atom. The minimum atomic E-state index is -4.89. The Labute approximate surface area is 104 Å². The lowest BCUT2D eigenvalue weighted by Crippen LogP contribution is -2.18. The van der Waals surface area contributed by atoms with Crippen LogP contribution in [-0.4, -0.2) is 32.4 Å². The third-order valence-corrected chi connectivity index (χ3v) is 2.07. The Kier molecular flexibility index (Phi) is 3.11. The molecule has 2 aromatic rings. The topological polar surface area (TPSA) is 77.2 Å². The molecule has 1 aromatic heterocycles. The number of aromatic nitrogens is 3. The molecule has 0 saturated carbocycles. The van der Waals surface area contributed by atoms with Gasteiger partial charge in [-0.15, -0.1) is 13.2 Å². The Morgan fingerprint density at radius 1 is 1.26 bits per heavy atom. The number of halogens is 3. The van der Waals surface area contributed by atoms with Crippen LogP contribution in [0.3, 0.4) is 0 Å². The summed E-state index contributed by atoms with van der Waals surface area (Å²) in [6.45, 7) is 0. The largest absolute Gasteiger partial charge is 0.573 e. The highest BCUT2D eigenvalue weighted by molar-refractivity contribution is 5.92. The van der Waals surface area contributed by atoms with E-state index in [1.54, 1.807) is 0 Å². The van der Waals surface area contributed by atoms with Crippen molar-refractivity contribution in [2.24, 2.45) is 0 Å². The summed E-state index contributed by atoms with van der Waals surface area (Å²) in [6, 6.07) is 2.87. The van der Waals surface area contributed by atoms with E-state index in [0.29, 0.717) is 0 Å². The van der Waals surface area contributed by atoms with Crippen LogP contribution in [0.2, 0.25) is 0 Å². The van der Waals surface area contributed by atoms with Gasteiger partial charge >= 0.3 is 12.3 Å². The van der Waals surface area contributed by atoms with Gasteiger partial charge in [0.15, 0.2) is 0 Å². The minimum absolute atomic E-state index is 0.0343. The molecule has 0 aliphatic carbocycles. The number of benzene rings is 1. The van der Waals surface area contributed by atoms with E-state index in [0.717, 1.165) is 23.0 Å². The van der Waals surface area contributed by atoms with Crippen LogP contribution in [0.1, 0.15) is 10.4 Å². The molecule has 0 spiro atoms. The summed E-state index contributed by atoms with van der Waals surface area (Å²) < 4.78 is 39.8. The summed E-state index contributed by atoms with van der Waals surface area (Å²) >= 11 is 0. The first kappa shape index (κ1) is 12.9. The van der Waals surface area contributed by atoms with Crippen molar-refractivity contribution in [2.75, 3.05) is 0 Å². The van der Waals surface area contributed by atoms with Crippen molar-refractivity contribution < 1.29 is 27.8 Å². The van der Waals surface area contributed by atoms with Crippen molar-refractivity contribution in [1.82, 2.24) is 15.0 Å². The van der Waals surface area contributed by atoms with E-state index in [2.05, 4.69) is 14.9 Å². The maximum Gasteiger partial charge on any atom is 0.573 e. The van der Waals surface area contributed by atoms with E-state index in [1.165, 1.54) is 12.4 Å². The van der Waals surface area contributed by atoms with Gasteiger partial charge in [-0.3, -0.25) is 0 Å². The Morgan fingerprint density at radius 2 is 1.89 bits per heavy atom. The van der Waals surface area contributed by atoms with Crippen LogP contribution in [-0.2, 0) is 0 Å². The van der Waals surface area contributed by atoms with Gasteiger partial charge in [-0.05, 0) is 18.2 Å². The van der Waals surface area contributed by atoms with Gasteiger partial charge in [0.25, 0.3) is 0 Å². The highest BCUT2D eigenvalue weighted by atomic mass is 19.4. The zero-order valence-corrected chi connectivity index (χ0v) is 9.13. The van der Waals surface area contributed by atoms with Gasteiger partial charge in [-0.1, -0.05) is 0 Å². The molecule has 6 nitrogen and oxygen atoms in total. The lowest BCUT2D eigenvalue weighted by Gasteiger charge is -2.11. The average Bonchev–Trinajstić information content (AvgIpc) is 2.80. The van der Waals surface area contributed by atoms with Gasteiger partial charge in [-0.2, -0.15) is 15.0 Å². The molecule has 0 bridgehead atoms. The molecule has 2 rings (SSSR count). The average molecular weight is 273 g/mol. The third-order valence-electron chi connectivity index (χ3n) is 2.07. The molecule has 0 radical (unpaired) electrons. The van der Waals surface area contributed by atoms with Gasteiger partial charge in [0.1, 0.15) is 11.4 Å². The van der Waals surface area contributed by atoms with Crippen LogP contribution in [0.4, 0.5) is 13.2 Å². The number of alkyl halides is 3. The van der Waals surface area contributed by atoms with E-state index in [9.17, 15) is 18.0 Å². The van der Waals surface area contributed by atoms with Crippen molar-refractivity contribution in [3.05, 3.63) is 36.2 Å². The first-order valence-electron chi connectivity index (χ1n) is 4.86. The summed E-state index contributed by atoms with van der Waals surface area (Å²) in [4.78, 5) is 12.0. The Balaban J connectivity index is 2.45. The zero-order chi connectivity index (χ0) is 14.0. The van der Waals surface area contributed by atoms with Crippen LogP contribution in [0.15, 0.2) is 30.6 Å². The number of rotatable bonds is 3. The zero-order valence-electron chi connectivity index (χ0n) is 9.13. The molecule has 0 aliphatic heterocycles. The molecule has 19 heavy (non-hydrogen) atoms. The second-order valence-electron chi connectivity index (χ2n) is 3.35. The van der Waals surface area contributed by atoms with Crippen molar-refractivity contribution in [1.29, 1.82) is 0 Å². The van der Waals surface area contributed by atoms with E-state index in [-0.39, 0.29) is 5.69 Å². The summed E-state index contributed by atoms with van der Waals surface area (Å²) in [5, 5.41) is 16.4. The van der Waals surface area contributed by atoms with Crippen LogP contribution >= 0.6 is 0 Å². The lowest BCUT2D eigenvalue weighted by atomic mass is 10.1. The second-order valence-corrected chi connectivity index (χ2v) is 3.35. The quantitative estimate of drug-likeness (QED) is 0.923. The maximum absolute atomic E-state index is 12.0. The molecule has 0 atom stereocenters. The van der Waals surface area contributed by atoms with Gasteiger partial charge < -0.3 is 9.84 Å². The number of carboxylic acid groups (broad SMARTS) is 1. The first-order chi connectivity index (χ1) is 8.87. The Bertz CT molecular complexity index is 596. The van der Waals surface area contributed by atoms with Crippen molar-refractivity contribution >= 4 is 5.97 Å². The van der Waals surface area contributed by atoms with E-state index < -0.39 is 23.6 Å². The molecule has 100 valence electrons. The van der Waals surface area contributed by atoms with Crippen molar-refractivity contribution in [3.63, 3.8) is 0 Å². The van der Waals surface area contributed by atoms with Gasteiger partial charge in [0.05, 0.1) is 18.0 Å². The van der Waals surface area contributed by atoms with Gasteiger partial charge in [-0.25, -0.2) is 4.79 Å². The monoisotopic (exact) mass is 273 g/mol. The fraction of sp³-hybridized carbons (Fsp3) is 0.100.